The molecule has 0 radical (unpaired) electrons. The number of carboxylic acid groups (broad SMARTS) is 1. The molecular formula is C36H52N2O6. The van der Waals surface area contributed by atoms with Crippen LogP contribution in [0.2, 0.25) is 0 Å². The number of hydrogen-bond acceptors (Lipinski definition) is 6. The molecule has 0 bridgehead atoms. The van der Waals surface area contributed by atoms with E-state index in [1.807, 2.05) is 26.0 Å². The van der Waals surface area contributed by atoms with Crippen LogP contribution in [0.1, 0.15) is 124 Å². The molecule has 2 aromatic rings. The number of nitrogens with one attached hydrogen (secondary N) is 2. The van der Waals surface area contributed by atoms with Crippen LogP contribution >= 0.6 is 0 Å². The van der Waals surface area contributed by atoms with E-state index in [9.17, 15) is 19.5 Å². The van der Waals surface area contributed by atoms with Crippen molar-refractivity contribution in [2.45, 2.75) is 129 Å². The maximum Gasteiger partial charge on any atom is 0.407 e. The van der Waals surface area contributed by atoms with E-state index in [4.69, 9.17) is 9.47 Å². The molecule has 3 N–H and O–H groups in total. The van der Waals surface area contributed by atoms with E-state index >= 15 is 0 Å². The Bertz CT molecular complexity index is 1190. The predicted molar refractivity (Wildman–Crippen MR) is 173 cm³/mol. The van der Waals surface area contributed by atoms with Crippen molar-refractivity contribution in [3.63, 3.8) is 0 Å². The monoisotopic (exact) mass is 608 g/mol. The van der Waals surface area contributed by atoms with Gasteiger partial charge in [0.05, 0.1) is 11.5 Å². The van der Waals surface area contributed by atoms with Gasteiger partial charge in [-0.25, -0.2) is 9.59 Å². The molecule has 2 aliphatic rings. The standard InChI is InChI=1S/C24H29NO6.C12H23N/c1-15-6-11-19(16(2)12-15)22(28)30-14-17-7-9-18(10-8-17)20(21(26)27)13-25-23(29)31-24(3,4)5;1-3-7-11(8-4-1)13-12-9-5-2-6-10-12/h6-12,20H,13-14H2,1-5H3,(H,25,29)(H,26,27);11-13H,1-10H2/t20-;/m1./s1. The van der Waals surface area contributed by atoms with Crippen LogP contribution in [0.15, 0.2) is 42.5 Å². The van der Waals surface area contributed by atoms with E-state index in [-0.39, 0.29) is 13.2 Å². The molecule has 0 aromatic heterocycles. The zero-order chi connectivity index (χ0) is 32.1. The summed E-state index contributed by atoms with van der Waals surface area (Å²) < 4.78 is 10.5. The highest BCUT2D eigenvalue weighted by molar-refractivity contribution is 5.91. The van der Waals surface area contributed by atoms with Crippen molar-refractivity contribution in [3.8, 4) is 0 Å². The molecule has 8 nitrogen and oxygen atoms in total. The first-order valence-electron chi connectivity index (χ1n) is 16.2. The van der Waals surface area contributed by atoms with Gasteiger partial charge in [0.1, 0.15) is 12.2 Å². The maximum absolute atomic E-state index is 12.3. The Balaban J connectivity index is 0.000000335. The topological polar surface area (TPSA) is 114 Å². The van der Waals surface area contributed by atoms with E-state index in [1.165, 1.54) is 64.2 Å². The SMILES string of the molecule is C1CCC(NC2CCCCC2)CC1.Cc1ccc(C(=O)OCc2ccc([C@@H](CNC(=O)OC(C)(C)C)C(=O)O)cc2)c(C)c1. The lowest BCUT2D eigenvalue weighted by atomic mass is 9.91. The second-order valence-corrected chi connectivity index (χ2v) is 13.2. The van der Waals surface area contributed by atoms with E-state index in [1.54, 1.807) is 51.1 Å². The minimum atomic E-state index is -1.06. The number of amides is 1. The summed E-state index contributed by atoms with van der Waals surface area (Å²) in [4.78, 5) is 35.8. The first-order chi connectivity index (χ1) is 20.9. The highest BCUT2D eigenvalue weighted by Gasteiger charge is 2.23. The van der Waals surface area contributed by atoms with Gasteiger partial charge < -0.3 is 25.2 Å². The Labute approximate surface area is 263 Å². The molecule has 44 heavy (non-hydrogen) atoms. The smallest absolute Gasteiger partial charge is 0.407 e. The van der Waals surface area contributed by atoms with Crippen molar-refractivity contribution in [3.05, 3.63) is 70.3 Å². The molecule has 2 aliphatic carbocycles. The zero-order valence-corrected chi connectivity index (χ0v) is 27.2. The minimum absolute atomic E-state index is 0.0698. The number of ether oxygens (including phenoxy) is 2. The predicted octanol–water partition coefficient (Wildman–Crippen LogP) is 7.59. The fourth-order valence-electron chi connectivity index (χ4n) is 5.83. The summed E-state index contributed by atoms with van der Waals surface area (Å²) >= 11 is 0. The van der Waals surface area contributed by atoms with Gasteiger partial charge >= 0.3 is 18.0 Å². The van der Waals surface area contributed by atoms with Gasteiger partial charge in [-0.1, -0.05) is 80.5 Å². The van der Waals surface area contributed by atoms with Gasteiger partial charge in [-0.15, -0.1) is 0 Å². The Hall–Kier alpha value is -3.39. The van der Waals surface area contributed by atoms with E-state index in [0.717, 1.165) is 28.8 Å². The average molecular weight is 609 g/mol. The average Bonchev–Trinajstić information content (AvgIpc) is 2.97. The molecular weight excluding hydrogens is 556 g/mol. The lowest BCUT2D eigenvalue weighted by Gasteiger charge is -2.30. The third-order valence-electron chi connectivity index (χ3n) is 8.18. The number of carbonyl (C=O) groups is 3. The fourth-order valence-corrected chi connectivity index (χ4v) is 5.83. The van der Waals surface area contributed by atoms with Crippen molar-refractivity contribution in [2.24, 2.45) is 0 Å². The number of esters is 1. The van der Waals surface area contributed by atoms with Gasteiger partial charge in [0.15, 0.2) is 0 Å². The number of carbonyl (C=O) groups excluding carboxylic acids is 2. The lowest BCUT2D eigenvalue weighted by Crippen LogP contribution is -2.40. The molecule has 2 fully saturated rings. The highest BCUT2D eigenvalue weighted by Crippen LogP contribution is 2.23. The Morgan fingerprint density at radius 1 is 0.864 bits per heavy atom. The van der Waals surface area contributed by atoms with E-state index in [2.05, 4.69) is 10.6 Å². The number of carboxylic acids is 1. The van der Waals surface area contributed by atoms with Crippen LogP contribution in [0, 0.1) is 13.8 Å². The summed E-state index contributed by atoms with van der Waals surface area (Å²) in [5, 5.41) is 15.9. The van der Waals surface area contributed by atoms with Crippen LogP contribution in [0.4, 0.5) is 4.79 Å². The summed E-state index contributed by atoms with van der Waals surface area (Å²) in [5.41, 5.74) is 3.01. The Morgan fingerprint density at radius 2 is 1.43 bits per heavy atom. The van der Waals surface area contributed by atoms with Crippen LogP contribution < -0.4 is 10.6 Å². The van der Waals surface area contributed by atoms with E-state index < -0.39 is 29.6 Å². The summed E-state index contributed by atoms with van der Waals surface area (Å²) in [7, 11) is 0. The van der Waals surface area contributed by atoms with Crippen LogP contribution in [-0.4, -0.2) is 47.4 Å². The van der Waals surface area contributed by atoms with Gasteiger partial charge in [0, 0.05) is 18.6 Å². The van der Waals surface area contributed by atoms with Crippen molar-refractivity contribution in [1.29, 1.82) is 0 Å². The molecule has 1 atom stereocenters. The second kappa shape index (κ2) is 17.2. The van der Waals surface area contributed by atoms with Crippen LogP contribution in [-0.2, 0) is 20.9 Å². The molecule has 8 heteroatoms. The quantitative estimate of drug-likeness (QED) is 0.251. The molecule has 4 rings (SSSR count). The molecule has 2 saturated carbocycles. The van der Waals surface area contributed by atoms with Crippen molar-refractivity contribution in [2.75, 3.05) is 6.54 Å². The first kappa shape index (κ1) is 35.1. The number of alkyl carbamates (subject to hydrolysis) is 1. The first-order valence-corrected chi connectivity index (χ1v) is 16.2. The number of aryl methyl sites for hydroxylation is 2. The van der Waals surface area contributed by atoms with Crippen LogP contribution in [0.3, 0.4) is 0 Å². The molecule has 0 saturated heterocycles. The molecule has 0 aliphatic heterocycles. The summed E-state index contributed by atoms with van der Waals surface area (Å²) in [6, 6.07) is 14.0. The number of benzene rings is 2. The molecule has 0 unspecified atom stereocenters. The molecule has 2 aromatic carbocycles. The maximum atomic E-state index is 12.3. The zero-order valence-electron chi connectivity index (χ0n) is 27.2. The Morgan fingerprint density at radius 3 is 1.93 bits per heavy atom. The van der Waals surface area contributed by atoms with Gasteiger partial charge in [-0.2, -0.15) is 0 Å². The molecule has 0 spiro atoms. The van der Waals surface area contributed by atoms with Crippen LogP contribution in [0.25, 0.3) is 0 Å². The number of hydrogen-bond donors (Lipinski definition) is 3. The Kier molecular flexibility index (Phi) is 13.7. The second-order valence-electron chi connectivity index (χ2n) is 13.2. The fraction of sp³-hybridized carbons (Fsp3) is 0.583. The largest absolute Gasteiger partial charge is 0.481 e. The summed E-state index contributed by atoms with van der Waals surface area (Å²) in [6.07, 6.45) is 13.9. The van der Waals surface area contributed by atoms with Gasteiger partial charge in [0.2, 0.25) is 0 Å². The van der Waals surface area contributed by atoms with Gasteiger partial charge in [-0.3, -0.25) is 4.79 Å². The van der Waals surface area contributed by atoms with Crippen LogP contribution in [0.5, 0.6) is 0 Å². The molecule has 242 valence electrons. The summed E-state index contributed by atoms with van der Waals surface area (Å²) in [6.45, 7) is 8.96. The highest BCUT2D eigenvalue weighted by atomic mass is 16.6. The van der Waals surface area contributed by atoms with E-state index in [0.29, 0.717) is 11.1 Å². The number of rotatable bonds is 9. The van der Waals surface area contributed by atoms with Crippen molar-refractivity contribution in [1.82, 2.24) is 10.6 Å². The molecule has 0 heterocycles. The van der Waals surface area contributed by atoms with Crippen molar-refractivity contribution >= 4 is 18.0 Å². The normalized spacial score (nSPS) is 16.7. The minimum Gasteiger partial charge on any atom is -0.481 e. The number of aliphatic carboxylic acids is 1. The third kappa shape index (κ3) is 12.3. The van der Waals surface area contributed by atoms with Crippen molar-refractivity contribution < 1.29 is 29.0 Å². The lowest BCUT2D eigenvalue weighted by molar-refractivity contribution is -0.138. The van der Waals surface area contributed by atoms with Gasteiger partial charge in [0.25, 0.3) is 0 Å². The third-order valence-corrected chi connectivity index (χ3v) is 8.18. The summed E-state index contributed by atoms with van der Waals surface area (Å²) in [5.74, 6) is -2.41. The van der Waals surface area contributed by atoms with Gasteiger partial charge in [-0.05, 0) is 83.1 Å². The molecule has 1 amide bonds.